The molecule has 4 aromatic carbocycles. The molecule has 1 amide bonds. The van der Waals surface area contributed by atoms with Crippen LogP contribution >= 0.6 is 15.9 Å². The molecule has 0 bridgehead atoms. The molecule has 1 fully saturated rings. The first-order valence-electron chi connectivity index (χ1n) is 13.0. The number of halogens is 1. The quantitative estimate of drug-likeness (QED) is 0.265. The summed E-state index contributed by atoms with van der Waals surface area (Å²) in [6.07, 6.45) is 0. The third-order valence-corrected chi connectivity index (χ3v) is 8.78. The van der Waals surface area contributed by atoms with Gasteiger partial charge in [-0.05, 0) is 59.7 Å². The van der Waals surface area contributed by atoms with Gasteiger partial charge in [0.1, 0.15) is 5.75 Å². The Morgan fingerprint density at radius 1 is 0.775 bits per heavy atom. The maximum atomic E-state index is 12.9. The van der Waals surface area contributed by atoms with Crippen molar-refractivity contribution in [2.24, 2.45) is 0 Å². The van der Waals surface area contributed by atoms with Gasteiger partial charge in [0, 0.05) is 36.3 Å². The molecule has 9 heteroatoms. The van der Waals surface area contributed by atoms with Crippen molar-refractivity contribution in [3.8, 4) is 5.75 Å². The molecule has 206 valence electrons. The van der Waals surface area contributed by atoms with Crippen LogP contribution in [-0.4, -0.2) is 56.9 Å². The van der Waals surface area contributed by atoms with Crippen LogP contribution in [0, 0.1) is 0 Å². The zero-order valence-corrected chi connectivity index (χ0v) is 24.2. The molecule has 1 saturated heterocycles. The zero-order chi connectivity index (χ0) is 28.0. The van der Waals surface area contributed by atoms with Crippen LogP contribution in [0.5, 0.6) is 5.75 Å². The Morgan fingerprint density at radius 3 is 1.88 bits per heavy atom. The van der Waals surface area contributed by atoms with Crippen molar-refractivity contribution < 1.29 is 17.9 Å². The molecule has 1 aliphatic heterocycles. The lowest BCUT2D eigenvalue weighted by molar-refractivity contribution is -0.135. The Morgan fingerprint density at radius 2 is 1.32 bits per heavy atom. The fourth-order valence-electron chi connectivity index (χ4n) is 4.80. The fourth-order valence-corrected chi connectivity index (χ4v) is 6.12. The van der Waals surface area contributed by atoms with Crippen molar-refractivity contribution in [3.63, 3.8) is 0 Å². The molecule has 0 unspecified atom stereocenters. The summed E-state index contributed by atoms with van der Waals surface area (Å²) in [5.41, 5.74) is 2.93. The van der Waals surface area contributed by atoms with Gasteiger partial charge >= 0.3 is 0 Å². The maximum Gasteiger partial charge on any atom is 0.261 e. The normalized spacial score (nSPS) is 14.2. The van der Waals surface area contributed by atoms with Crippen molar-refractivity contribution in [1.82, 2.24) is 9.80 Å². The molecule has 0 spiro atoms. The molecular formula is C31H30BrN3O4S. The largest absolute Gasteiger partial charge is 0.484 e. The first kappa shape index (κ1) is 27.9. The summed E-state index contributed by atoms with van der Waals surface area (Å²) in [6.45, 7) is 2.61. The van der Waals surface area contributed by atoms with Crippen molar-refractivity contribution >= 4 is 37.5 Å². The second-order valence-corrected chi connectivity index (χ2v) is 12.1. The molecule has 40 heavy (non-hydrogen) atoms. The Bertz CT molecular complexity index is 1470. The smallest absolute Gasteiger partial charge is 0.261 e. The molecule has 5 rings (SSSR count). The summed E-state index contributed by atoms with van der Waals surface area (Å²) >= 11 is 3.33. The predicted molar refractivity (Wildman–Crippen MR) is 160 cm³/mol. The predicted octanol–water partition coefficient (Wildman–Crippen LogP) is 5.56. The summed E-state index contributed by atoms with van der Waals surface area (Å²) in [6, 6.07) is 33.9. The van der Waals surface area contributed by atoms with E-state index in [2.05, 4.69) is 74.1 Å². The van der Waals surface area contributed by atoms with E-state index in [0.717, 1.165) is 17.6 Å². The van der Waals surface area contributed by atoms with Gasteiger partial charge in [-0.15, -0.1) is 0 Å². The van der Waals surface area contributed by atoms with E-state index in [4.69, 9.17) is 4.74 Å². The van der Waals surface area contributed by atoms with E-state index in [1.807, 2.05) is 17.0 Å². The lowest BCUT2D eigenvalue weighted by Gasteiger charge is -2.39. The van der Waals surface area contributed by atoms with Gasteiger partial charge in [0.15, 0.2) is 6.61 Å². The van der Waals surface area contributed by atoms with Gasteiger partial charge in [-0.25, -0.2) is 8.42 Å². The summed E-state index contributed by atoms with van der Waals surface area (Å²) in [7, 11) is -3.74. The van der Waals surface area contributed by atoms with Crippen molar-refractivity contribution in [2.75, 3.05) is 37.5 Å². The van der Waals surface area contributed by atoms with Crippen LogP contribution in [0.3, 0.4) is 0 Å². The second kappa shape index (κ2) is 12.7. The van der Waals surface area contributed by atoms with Crippen LogP contribution in [-0.2, 0) is 14.8 Å². The zero-order valence-electron chi connectivity index (χ0n) is 21.8. The summed E-state index contributed by atoms with van der Waals surface area (Å²) < 4.78 is 34.5. The monoisotopic (exact) mass is 619 g/mol. The topological polar surface area (TPSA) is 78.9 Å². The number of ether oxygens (including phenoxy) is 1. The average molecular weight is 621 g/mol. The fraction of sp³-hybridized carbons (Fsp3) is 0.194. The summed E-state index contributed by atoms with van der Waals surface area (Å²) in [5.74, 6) is 0.340. The molecule has 7 nitrogen and oxygen atoms in total. The Labute approximate surface area is 243 Å². The highest BCUT2D eigenvalue weighted by Gasteiger charge is 2.28. The van der Waals surface area contributed by atoms with E-state index in [-0.39, 0.29) is 23.5 Å². The van der Waals surface area contributed by atoms with Crippen LogP contribution in [0.25, 0.3) is 0 Å². The number of nitrogens with zero attached hydrogens (tertiary/aromatic N) is 2. The number of carbonyl (C=O) groups is 1. The number of sulfonamides is 1. The van der Waals surface area contributed by atoms with Gasteiger partial charge < -0.3 is 9.64 Å². The number of benzene rings is 4. The molecule has 0 radical (unpaired) electrons. The number of rotatable bonds is 9. The number of hydrogen-bond donors (Lipinski definition) is 1. The molecule has 0 aromatic heterocycles. The highest BCUT2D eigenvalue weighted by atomic mass is 79.9. The molecule has 0 aliphatic carbocycles. The van der Waals surface area contributed by atoms with Gasteiger partial charge in [-0.3, -0.25) is 14.4 Å². The molecule has 1 aliphatic rings. The maximum absolute atomic E-state index is 12.9. The van der Waals surface area contributed by atoms with Crippen LogP contribution in [0.15, 0.2) is 119 Å². The van der Waals surface area contributed by atoms with E-state index in [1.54, 1.807) is 36.4 Å². The first-order chi connectivity index (χ1) is 19.4. The van der Waals surface area contributed by atoms with E-state index >= 15 is 0 Å². The van der Waals surface area contributed by atoms with Crippen LogP contribution < -0.4 is 9.46 Å². The van der Waals surface area contributed by atoms with E-state index in [0.29, 0.717) is 24.5 Å². The van der Waals surface area contributed by atoms with Crippen molar-refractivity contribution in [3.05, 3.63) is 125 Å². The number of amides is 1. The van der Waals surface area contributed by atoms with E-state index < -0.39 is 10.0 Å². The van der Waals surface area contributed by atoms with Crippen molar-refractivity contribution in [2.45, 2.75) is 10.9 Å². The average Bonchev–Trinajstić information content (AvgIpc) is 2.99. The number of nitrogens with one attached hydrogen (secondary N) is 1. The summed E-state index contributed by atoms with van der Waals surface area (Å²) in [5, 5.41) is 0. The molecular weight excluding hydrogens is 590 g/mol. The highest BCUT2D eigenvalue weighted by molar-refractivity contribution is 9.10. The van der Waals surface area contributed by atoms with Crippen LogP contribution in [0.4, 0.5) is 5.69 Å². The lowest BCUT2D eigenvalue weighted by atomic mass is 9.96. The van der Waals surface area contributed by atoms with E-state index in [9.17, 15) is 13.2 Å². The molecule has 4 aromatic rings. The standard InChI is InChI=1S/C31H30BrN3O4S/c32-26-11-13-27(14-12-26)33-40(37,38)29-17-15-28(16-18-29)39-23-30(36)34-19-21-35(22-20-34)31(24-7-3-1-4-8-24)25-9-5-2-6-10-25/h1-18,31,33H,19-23H2. The number of hydrogen-bond acceptors (Lipinski definition) is 5. The van der Waals surface area contributed by atoms with Crippen LogP contribution in [0.2, 0.25) is 0 Å². The second-order valence-electron chi connectivity index (χ2n) is 9.51. The summed E-state index contributed by atoms with van der Waals surface area (Å²) in [4.78, 5) is 17.3. The first-order valence-corrected chi connectivity index (χ1v) is 15.3. The van der Waals surface area contributed by atoms with Gasteiger partial charge in [-0.2, -0.15) is 0 Å². The third-order valence-electron chi connectivity index (χ3n) is 6.86. The Balaban J connectivity index is 1.15. The highest BCUT2D eigenvalue weighted by Crippen LogP contribution is 2.29. The Hall–Kier alpha value is -3.66. The molecule has 1 heterocycles. The minimum Gasteiger partial charge on any atom is -0.484 e. The minimum absolute atomic E-state index is 0.0933. The SMILES string of the molecule is O=C(COc1ccc(S(=O)(=O)Nc2ccc(Br)cc2)cc1)N1CCN(C(c2ccccc2)c2ccccc2)CC1. The number of anilines is 1. The lowest BCUT2D eigenvalue weighted by Crippen LogP contribution is -2.51. The van der Waals surface area contributed by atoms with Gasteiger partial charge in [0.25, 0.3) is 15.9 Å². The van der Waals surface area contributed by atoms with E-state index in [1.165, 1.54) is 23.3 Å². The molecule has 0 atom stereocenters. The molecule has 0 saturated carbocycles. The third kappa shape index (κ3) is 6.91. The van der Waals surface area contributed by atoms with Gasteiger partial charge in [0.2, 0.25) is 0 Å². The van der Waals surface area contributed by atoms with Crippen molar-refractivity contribution in [1.29, 1.82) is 0 Å². The minimum atomic E-state index is -3.74. The van der Waals surface area contributed by atoms with Gasteiger partial charge in [0.05, 0.1) is 10.9 Å². The molecule has 1 N–H and O–H groups in total. The number of piperazine rings is 1. The van der Waals surface area contributed by atoms with Gasteiger partial charge in [-0.1, -0.05) is 76.6 Å². The Kier molecular flexibility index (Phi) is 8.84. The number of carbonyl (C=O) groups excluding carboxylic acids is 1. The van der Waals surface area contributed by atoms with Crippen LogP contribution in [0.1, 0.15) is 17.2 Å².